The summed E-state index contributed by atoms with van der Waals surface area (Å²) in [5.41, 5.74) is 6.53. The van der Waals surface area contributed by atoms with Crippen molar-refractivity contribution in [1.29, 1.82) is 0 Å². The van der Waals surface area contributed by atoms with E-state index in [1.54, 1.807) is 18.2 Å². The number of primary amides is 1. The molecule has 0 bridgehead atoms. The molecule has 0 fully saturated rings. The fraction of sp³-hybridized carbons (Fsp3) is 0.111. The van der Waals surface area contributed by atoms with Gasteiger partial charge in [0.05, 0.1) is 12.1 Å². The van der Waals surface area contributed by atoms with Crippen molar-refractivity contribution >= 4 is 17.5 Å². The number of nitrogens with two attached hydrogens (primary N) is 1. The maximum Gasteiger partial charge on any atom is 0.221 e. The highest BCUT2D eigenvalue weighted by atomic mass is 35.5. The third-order valence-electron chi connectivity index (χ3n) is 2.00. The van der Waals surface area contributed by atoms with E-state index in [2.05, 4.69) is 15.5 Å². The monoisotopic (exact) mass is 237 g/mol. The molecule has 0 aliphatic heterocycles. The molecule has 16 heavy (non-hydrogen) atoms. The fourth-order valence-corrected chi connectivity index (χ4v) is 1.57. The van der Waals surface area contributed by atoms with Gasteiger partial charge in [0.25, 0.3) is 0 Å². The Kier molecular flexibility index (Phi) is 2.82. The smallest absolute Gasteiger partial charge is 0.221 e. The van der Waals surface area contributed by atoms with E-state index in [4.69, 9.17) is 17.3 Å². The van der Waals surface area contributed by atoms with Crippen LogP contribution >= 0.6 is 11.6 Å². The first-order valence-electron chi connectivity index (χ1n) is 4.47. The van der Waals surface area contributed by atoms with E-state index >= 15 is 0 Å². The highest BCUT2D eigenvalue weighted by Crippen LogP contribution is 2.19. The maximum atomic E-state index is 10.9. The Hall–Kier alpha value is -1.95. The number of nitrogens with zero attached hydrogens (tertiary/aromatic N) is 4. The minimum absolute atomic E-state index is 0.0930. The van der Waals surface area contributed by atoms with Crippen LogP contribution in [0.4, 0.5) is 0 Å². The second-order valence-corrected chi connectivity index (χ2v) is 3.61. The number of carbonyl (C=O) groups excluding carboxylic acids is 1. The van der Waals surface area contributed by atoms with Gasteiger partial charge in [0.2, 0.25) is 5.91 Å². The van der Waals surface area contributed by atoms with Crippen molar-refractivity contribution in [3.8, 4) is 5.69 Å². The van der Waals surface area contributed by atoms with Crippen LogP contribution in [-0.2, 0) is 11.2 Å². The lowest BCUT2D eigenvalue weighted by Crippen LogP contribution is -2.15. The SMILES string of the molecule is NC(=O)Cc1cc(Cl)ccc1-n1cnnn1. The van der Waals surface area contributed by atoms with Gasteiger partial charge < -0.3 is 5.73 Å². The standard InChI is InChI=1S/C9H8ClN5O/c10-7-1-2-8(15-5-12-13-14-15)6(3-7)4-9(11)16/h1-3,5H,4H2,(H2,11,16). The van der Waals surface area contributed by atoms with E-state index in [9.17, 15) is 4.79 Å². The van der Waals surface area contributed by atoms with E-state index in [1.165, 1.54) is 11.0 Å². The lowest BCUT2D eigenvalue weighted by atomic mass is 10.1. The molecular formula is C9H8ClN5O. The molecule has 2 rings (SSSR count). The number of amides is 1. The van der Waals surface area contributed by atoms with Gasteiger partial charge in [-0.05, 0) is 34.2 Å². The Morgan fingerprint density at radius 3 is 2.94 bits per heavy atom. The van der Waals surface area contributed by atoms with Gasteiger partial charge in [-0.25, -0.2) is 4.68 Å². The summed E-state index contributed by atoms with van der Waals surface area (Å²) in [7, 11) is 0. The molecule has 1 amide bonds. The molecule has 2 aromatic rings. The number of carbonyl (C=O) groups is 1. The lowest BCUT2D eigenvalue weighted by molar-refractivity contribution is -0.117. The summed E-state index contributed by atoms with van der Waals surface area (Å²) in [6.45, 7) is 0. The van der Waals surface area contributed by atoms with Gasteiger partial charge in [0.1, 0.15) is 6.33 Å². The molecule has 0 aliphatic rings. The van der Waals surface area contributed by atoms with Gasteiger partial charge in [-0.1, -0.05) is 11.6 Å². The Balaban J connectivity index is 2.48. The largest absolute Gasteiger partial charge is 0.369 e. The van der Waals surface area contributed by atoms with Crippen LogP contribution in [0.25, 0.3) is 5.69 Å². The fourth-order valence-electron chi connectivity index (χ4n) is 1.38. The van der Waals surface area contributed by atoms with Gasteiger partial charge in [-0.2, -0.15) is 0 Å². The van der Waals surface area contributed by atoms with Crippen molar-refractivity contribution in [2.75, 3.05) is 0 Å². The van der Waals surface area contributed by atoms with E-state index in [1.807, 2.05) is 0 Å². The summed E-state index contributed by atoms with van der Waals surface area (Å²) >= 11 is 5.85. The first-order valence-corrected chi connectivity index (χ1v) is 4.84. The molecule has 1 heterocycles. The number of benzene rings is 1. The number of aromatic nitrogens is 4. The average Bonchev–Trinajstić information content (AvgIpc) is 2.69. The van der Waals surface area contributed by atoms with Gasteiger partial charge in [-0.15, -0.1) is 5.10 Å². The summed E-state index contributed by atoms with van der Waals surface area (Å²) in [6.07, 6.45) is 1.53. The molecule has 1 aromatic carbocycles. The highest BCUT2D eigenvalue weighted by Gasteiger charge is 2.09. The summed E-state index contributed by atoms with van der Waals surface area (Å²) < 4.78 is 1.45. The molecule has 0 atom stereocenters. The molecule has 1 aromatic heterocycles. The van der Waals surface area contributed by atoms with E-state index in [0.29, 0.717) is 16.3 Å². The molecule has 0 spiro atoms. The van der Waals surface area contributed by atoms with E-state index < -0.39 is 5.91 Å². The van der Waals surface area contributed by atoms with Crippen LogP contribution in [-0.4, -0.2) is 26.1 Å². The number of tetrazole rings is 1. The Morgan fingerprint density at radius 2 is 2.31 bits per heavy atom. The molecule has 82 valence electrons. The Labute approximate surface area is 96.0 Å². The van der Waals surface area contributed by atoms with Crippen LogP contribution in [0.15, 0.2) is 24.5 Å². The molecule has 2 N–H and O–H groups in total. The molecular weight excluding hydrogens is 230 g/mol. The normalized spacial score (nSPS) is 10.3. The molecule has 0 saturated carbocycles. The van der Waals surface area contributed by atoms with Gasteiger partial charge in [-0.3, -0.25) is 4.79 Å². The third-order valence-corrected chi connectivity index (χ3v) is 2.24. The van der Waals surface area contributed by atoms with Crippen LogP contribution in [0.1, 0.15) is 5.56 Å². The molecule has 0 unspecified atom stereocenters. The molecule has 0 aliphatic carbocycles. The summed E-state index contributed by atoms with van der Waals surface area (Å²) in [5, 5.41) is 11.3. The number of rotatable bonds is 3. The molecule has 6 nitrogen and oxygen atoms in total. The average molecular weight is 238 g/mol. The predicted octanol–water partition coefficient (Wildman–Crippen LogP) is 0.343. The van der Waals surface area contributed by atoms with Crippen molar-refractivity contribution in [2.24, 2.45) is 5.73 Å². The highest BCUT2D eigenvalue weighted by molar-refractivity contribution is 6.30. The predicted molar refractivity (Wildman–Crippen MR) is 57.1 cm³/mol. The van der Waals surface area contributed by atoms with Gasteiger partial charge in [0, 0.05) is 5.02 Å². The second kappa shape index (κ2) is 4.28. The van der Waals surface area contributed by atoms with Crippen LogP contribution in [0, 0.1) is 0 Å². The van der Waals surface area contributed by atoms with Crippen LogP contribution in [0.3, 0.4) is 0 Å². The third kappa shape index (κ3) is 2.17. The van der Waals surface area contributed by atoms with Crippen molar-refractivity contribution < 1.29 is 4.79 Å². The molecule has 0 saturated heterocycles. The first kappa shape index (κ1) is 10.6. The van der Waals surface area contributed by atoms with Crippen molar-refractivity contribution in [1.82, 2.24) is 20.2 Å². The zero-order chi connectivity index (χ0) is 11.5. The molecule has 0 radical (unpaired) electrons. The van der Waals surface area contributed by atoms with Crippen LogP contribution < -0.4 is 5.73 Å². The number of hydrogen-bond acceptors (Lipinski definition) is 4. The van der Waals surface area contributed by atoms with Gasteiger partial charge >= 0.3 is 0 Å². The Morgan fingerprint density at radius 1 is 1.50 bits per heavy atom. The topological polar surface area (TPSA) is 86.7 Å². The summed E-state index contributed by atoms with van der Waals surface area (Å²) in [5.74, 6) is -0.434. The lowest BCUT2D eigenvalue weighted by Gasteiger charge is -2.07. The first-order chi connectivity index (χ1) is 7.66. The van der Waals surface area contributed by atoms with Crippen molar-refractivity contribution in [3.05, 3.63) is 35.1 Å². The zero-order valence-electron chi connectivity index (χ0n) is 8.17. The second-order valence-electron chi connectivity index (χ2n) is 3.17. The number of halogens is 1. The van der Waals surface area contributed by atoms with E-state index in [-0.39, 0.29) is 6.42 Å². The Bertz CT molecular complexity index is 511. The van der Waals surface area contributed by atoms with Crippen LogP contribution in [0.5, 0.6) is 0 Å². The minimum Gasteiger partial charge on any atom is -0.369 e. The number of hydrogen-bond donors (Lipinski definition) is 1. The zero-order valence-corrected chi connectivity index (χ0v) is 8.92. The van der Waals surface area contributed by atoms with Crippen LogP contribution in [0.2, 0.25) is 5.02 Å². The minimum atomic E-state index is -0.434. The summed E-state index contributed by atoms with van der Waals surface area (Å²) in [4.78, 5) is 10.9. The summed E-state index contributed by atoms with van der Waals surface area (Å²) in [6, 6.07) is 5.10. The van der Waals surface area contributed by atoms with Gasteiger partial charge in [0.15, 0.2) is 0 Å². The maximum absolute atomic E-state index is 10.9. The van der Waals surface area contributed by atoms with Crippen molar-refractivity contribution in [3.63, 3.8) is 0 Å². The quantitative estimate of drug-likeness (QED) is 0.834. The van der Waals surface area contributed by atoms with E-state index in [0.717, 1.165) is 0 Å². The molecule has 7 heteroatoms. The van der Waals surface area contributed by atoms with Crippen molar-refractivity contribution in [2.45, 2.75) is 6.42 Å².